The third kappa shape index (κ3) is 5.11. The van der Waals surface area contributed by atoms with E-state index in [4.69, 9.17) is 0 Å². The molecular weight excluding hydrogens is 428 g/mol. The first-order chi connectivity index (χ1) is 15.0. The van der Waals surface area contributed by atoms with Crippen LogP contribution >= 0.6 is 11.3 Å². The maximum Gasteiger partial charge on any atom is 0.243 e. The predicted molar refractivity (Wildman–Crippen MR) is 124 cm³/mol. The summed E-state index contributed by atoms with van der Waals surface area (Å²) in [6.45, 7) is 8.02. The van der Waals surface area contributed by atoms with Crippen LogP contribution in [-0.4, -0.2) is 63.7 Å². The number of aromatic nitrogens is 1. The van der Waals surface area contributed by atoms with E-state index >= 15 is 0 Å². The molecule has 2 aromatic rings. The Labute approximate surface area is 192 Å². The number of hydrogen-bond acceptors (Lipinski definition) is 7. The Bertz CT molecular complexity index is 985. The molecule has 174 valence electrons. The number of aryl methyl sites for hydroxylation is 1. The van der Waals surface area contributed by atoms with Gasteiger partial charge < -0.3 is 25.7 Å². The standard InChI is InChI=1S/C23H32N4O4S/c1-13-19(32-12-26-13)14-6-7-15(18(29)8-14)10-25-21(30)17-9-16(28)11-27(17)22(31)20(24-5)23(2,3)4/h6-8,12,16-17,20,24,28-29H,9-11H2,1-5H3,(H,25,30)/t16-,17+,20-/m1/s1. The Morgan fingerprint density at radius 2 is 2.06 bits per heavy atom. The number of thiazole rings is 1. The Hall–Kier alpha value is -2.49. The van der Waals surface area contributed by atoms with Gasteiger partial charge in [0.2, 0.25) is 11.8 Å². The molecule has 1 aliphatic heterocycles. The molecule has 32 heavy (non-hydrogen) atoms. The number of phenolic OH excluding ortho intramolecular Hbond substituents is 1. The third-order valence-electron chi connectivity index (χ3n) is 5.81. The van der Waals surface area contributed by atoms with Crippen LogP contribution < -0.4 is 10.6 Å². The molecule has 0 spiro atoms. The number of nitrogens with one attached hydrogen (secondary N) is 2. The number of carbonyl (C=O) groups is 2. The van der Waals surface area contributed by atoms with Crippen LogP contribution in [0.15, 0.2) is 23.7 Å². The minimum Gasteiger partial charge on any atom is -0.508 e. The van der Waals surface area contributed by atoms with Crippen LogP contribution in [0.4, 0.5) is 0 Å². The molecule has 1 aromatic heterocycles. The fourth-order valence-corrected chi connectivity index (χ4v) is 4.93. The molecule has 1 aliphatic rings. The summed E-state index contributed by atoms with van der Waals surface area (Å²) >= 11 is 1.50. The Morgan fingerprint density at radius 1 is 1.34 bits per heavy atom. The number of aromatic hydroxyl groups is 1. The molecule has 0 bridgehead atoms. The number of likely N-dealkylation sites (tertiary alicyclic amines) is 1. The van der Waals surface area contributed by atoms with Crippen LogP contribution in [-0.2, 0) is 16.1 Å². The molecule has 2 heterocycles. The smallest absolute Gasteiger partial charge is 0.243 e. The highest BCUT2D eigenvalue weighted by molar-refractivity contribution is 7.13. The van der Waals surface area contributed by atoms with Gasteiger partial charge in [-0.1, -0.05) is 32.9 Å². The van der Waals surface area contributed by atoms with Crippen LogP contribution in [0.5, 0.6) is 5.75 Å². The molecule has 0 unspecified atom stereocenters. The quantitative estimate of drug-likeness (QED) is 0.525. The van der Waals surface area contributed by atoms with Gasteiger partial charge in [0.05, 0.1) is 28.2 Å². The van der Waals surface area contributed by atoms with Gasteiger partial charge in [0.15, 0.2) is 0 Å². The maximum absolute atomic E-state index is 13.1. The summed E-state index contributed by atoms with van der Waals surface area (Å²) in [7, 11) is 1.72. The van der Waals surface area contributed by atoms with E-state index in [1.54, 1.807) is 24.7 Å². The molecule has 0 aliphatic carbocycles. The van der Waals surface area contributed by atoms with E-state index in [1.807, 2.05) is 33.8 Å². The molecule has 1 saturated heterocycles. The van der Waals surface area contributed by atoms with E-state index in [1.165, 1.54) is 16.2 Å². The summed E-state index contributed by atoms with van der Waals surface area (Å²) in [5.41, 5.74) is 3.76. The zero-order chi connectivity index (χ0) is 23.6. The number of aliphatic hydroxyl groups is 1. The monoisotopic (exact) mass is 460 g/mol. The topological polar surface area (TPSA) is 115 Å². The normalized spacial score (nSPS) is 19.8. The van der Waals surface area contributed by atoms with E-state index in [0.29, 0.717) is 5.56 Å². The second-order valence-corrected chi connectivity index (χ2v) is 10.2. The largest absolute Gasteiger partial charge is 0.508 e. The number of carbonyl (C=O) groups excluding carboxylic acids is 2. The average molecular weight is 461 g/mol. The molecule has 2 amide bonds. The number of likely N-dealkylation sites (N-methyl/N-ethyl adjacent to an activating group) is 1. The average Bonchev–Trinajstić information content (AvgIpc) is 3.31. The molecule has 3 atom stereocenters. The van der Waals surface area contributed by atoms with Gasteiger partial charge in [0.1, 0.15) is 11.8 Å². The van der Waals surface area contributed by atoms with Crippen molar-refractivity contribution in [2.45, 2.75) is 58.8 Å². The number of nitrogens with zero attached hydrogens (tertiary/aromatic N) is 2. The summed E-state index contributed by atoms with van der Waals surface area (Å²) < 4.78 is 0. The highest BCUT2D eigenvalue weighted by Crippen LogP contribution is 2.31. The fourth-order valence-electron chi connectivity index (χ4n) is 4.13. The molecule has 0 radical (unpaired) electrons. The highest BCUT2D eigenvalue weighted by atomic mass is 32.1. The molecule has 4 N–H and O–H groups in total. The molecule has 1 fully saturated rings. The van der Waals surface area contributed by atoms with E-state index in [2.05, 4.69) is 15.6 Å². The number of hydrogen-bond donors (Lipinski definition) is 4. The lowest BCUT2D eigenvalue weighted by Gasteiger charge is -2.34. The fraction of sp³-hybridized carbons (Fsp3) is 0.522. The molecular formula is C23H32N4O4S. The zero-order valence-corrected chi connectivity index (χ0v) is 20.0. The van der Waals surface area contributed by atoms with E-state index in [0.717, 1.165) is 16.1 Å². The van der Waals surface area contributed by atoms with Gasteiger partial charge >= 0.3 is 0 Å². The van der Waals surface area contributed by atoms with Gasteiger partial charge in [0, 0.05) is 25.1 Å². The van der Waals surface area contributed by atoms with Crippen LogP contribution in [0.1, 0.15) is 38.4 Å². The van der Waals surface area contributed by atoms with Crippen molar-refractivity contribution < 1.29 is 19.8 Å². The van der Waals surface area contributed by atoms with Crippen LogP contribution in [0.25, 0.3) is 10.4 Å². The van der Waals surface area contributed by atoms with Crippen molar-refractivity contribution in [2.75, 3.05) is 13.6 Å². The molecule has 0 saturated carbocycles. The van der Waals surface area contributed by atoms with Crippen LogP contribution in [0.2, 0.25) is 0 Å². The SMILES string of the molecule is CN[C@H](C(=O)N1C[C@H](O)C[C@H]1C(=O)NCc1ccc(-c2scnc2C)cc1O)C(C)(C)C. The first-order valence-electron chi connectivity index (χ1n) is 10.7. The second kappa shape index (κ2) is 9.56. The van der Waals surface area contributed by atoms with Gasteiger partial charge in [-0.25, -0.2) is 4.98 Å². The van der Waals surface area contributed by atoms with Crippen LogP contribution in [0, 0.1) is 12.3 Å². The summed E-state index contributed by atoms with van der Waals surface area (Å²) in [4.78, 5) is 32.7. The van der Waals surface area contributed by atoms with Crippen molar-refractivity contribution in [3.8, 4) is 16.2 Å². The molecule has 9 heteroatoms. The Morgan fingerprint density at radius 3 is 2.62 bits per heavy atom. The Balaban J connectivity index is 1.69. The lowest BCUT2D eigenvalue weighted by Crippen LogP contribution is -2.55. The predicted octanol–water partition coefficient (Wildman–Crippen LogP) is 2.04. The molecule has 1 aromatic carbocycles. The van der Waals surface area contributed by atoms with Crippen molar-refractivity contribution in [2.24, 2.45) is 5.41 Å². The molecule has 8 nitrogen and oxygen atoms in total. The minimum absolute atomic E-state index is 0.0815. The first kappa shape index (κ1) is 24.2. The second-order valence-electron chi connectivity index (χ2n) is 9.31. The van der Waals surface area contributed by atoms with Crippen molar-refractivity contribution in [3.05, 3.63) is 35.0 Å². The lowest BCUT2D eigenvalue weighted by atomic mass is 9.86. The highest BCUT2D eigenvalue weighted by Gasteiger charge is 2.43. The van der Waals surface area contributed by atoms with Gasteiger partial charge in [-0.3, -0.25) is 9.59 Å². The third-order valence-corrected chi connectivity index (χ3v) is 6.79. The number of benzene rings is 1. The van der Waals surface area contributed by atoms with Gasteiger partial charge in [-0.15, -0.1) is 11.3 Å². The zero-order valence-electron chi connectivity index (χ0n) is 19.2. The van der Waals surface area contributed by atoms with Gasteiger partial charge in [0.25, 0.3) is 0 Å². The van der Waals surface area contributed by atoms with Crippen molar-refractivity contribution in [1.82, 2.24) is 20.5 Å². The summed E-state index contributed by atoms with van der Waals surface area (Å²) in [5, 5.41) is 26.5. The van der Waals surface area contributed by atoms with Crippen LogP contribution in [0.3, 0.4) is 0 Å². The number of aliphatic hydroxyl groups excluding tert-OH is 1. The number of rotatable bonds is 6. The van der Waals surface area contributed by atoms with Gasteiger partial charge in [-0.2, -0.15) is 0 Å². The van der Waals surface area contributed by atoms with E-state index in [9.17, 15) is 19.8 Å². The number of amides is 2. The number of phenols is 1. The Kier molecular flexibility index (Phi) is 7.22. The maximum atomic E-state index is 13.1. The molecule has 3 rings (SSSR count). The van der Waals surface area contributed by atoms with E-state index < -0.39 is 18.2 Å². The lowest BCUT2D eigenvalue weighted by molar-refractivity contribution is -0.142. The van der Waals surface area contributed by atoms with Crippen molar-refractivity contribution in [3.63, 3.8) is 0 Å². The summed E-state index contributed by atoms with van der Waals surface area (Å²) in [6.07, 6.45) is -0.559. The summed E-state index contributed by atoms with van der Waals surface area (Å²) in [5.74, 6) is -0.470. The van der Waals surface area contributed by atoms with Gasteiger partial charge in [-0.05, 0) is 31.0 Å². The van der Waals surface area contributed by atoms with Crippen molar-refractivity contribution in [1.29, 1.82) is 0 Å². The summed E-state index contributed by atoms with van der Waals surface area (Å²) in [6, 6.07) is 4.09. The first-order valence-corrected chi connectivity index (χ1v) is 11.6. The number of β-amino-alcohol motifs (C(OH)–C–C–N with tert-alkyl or cyclic N) is 1. The minimum atomic E-state index is -0.753. The van der Waals surface area contributed by atoms with Crippen molar-refractivity contribution >= 4 is 23.2 Å². The van der Waals surface area contributed by atoms with E-state index in [-0.39, 0.29) is 42.5 Å².